The molecule has 0 saturated heterocycles. The first-order chi connectivity index (χ1) is 8.33. The van der Waals surface area contributed by atoms with Gasteiger partial charge in [-0.2, -0.15) is 0 Å². The molecule has 0 bridgehead atoms. The summed E-state index contributed by atoms with van der Waals surface area (Å²) in [5.41, 5.74) is 0. The van der Waals surface area contributed by atoms with Gasteiger partial charge in [-0.05, 0) is 31.2 Å². The lowest BCUT2D eigenvalue weighted by molar-refractivity contribution is -0.148. The standard InChI is InChI=1S/C11H13BrO5S/c1-8(11(13)14)17-6-7-18(15,16)10-4-2-9(12)3-5-10/h2-5,8H,6-7H2,1H3,(H,13,14)/t8-/m1/s1. The fourth-order valence-corrected chi connectivity index (χ4v) is 2.53. The molecule has 0 heterocycles. The van der Waals surface area contributed by atoms with E-state index in [0.29, 0.717) is 0 Å². The maximum absolute atomic E-state index is 11.9. The Hall–Kier alpha value is -0.920. The fraction of sp³-hybridized carbons (Fsp3) is 0.364. The predicted octanol–water partition coefficient (Wildman–Crippen LogP) is 1.71. The SMILES string of the molecule is C[C@@H](OCCS(=O)(=O)c1ccc(Br)cc1)C(=O)O. The number of carbonyl (C=O) groups is 1. The second-order valence-corrected chi connectivity index (χ2v) is 6.65. The van der Waals surface area contributed by atoms with Crippen LogP contribution in [0.5, 0.6) is 0 Å². The van der Waals surface area contributed by atoms with Crippen LogP contribution in [0.3, 0.4) is 0 Å². The number of aliphatic carboxylic acids is 1. The van der Waals surface area contributed by atoms with Crippen LogP contribution in [-0.4, -0.2) is 38.0 Å². The maximum atomic E-state index is 11.9. The number of halogens is 1. The van der Waals surface area contributed by atoms with Gasteiger partial charge < -0.3 is 9.84 Å². The molecule has 0 aliphatic heterocycles. The van der Waals surface area contributed by atoms with Crippen molar-refractivity contribution in [2.75, 3.05) is 12.4 Å². The first-order valence-corrected chi connectivity index (χ1v) is 7.60. The molecule has 7 heteroatoms. The van der Waals surface area contributed by atoms with Crippen molar-refractivity contribution in [3.8, 4) is 0 Å². The highest BCUT2D eigenvalue weighted by atomic mass is 79.9. The lowest BCUT2D eigenvalue weighted by Gasteiger charge is -2.09. The molecule has 100 valence electrons. The van der Waals surface area contributed by atoms with Crippen molar-refractivity contribution < 1.29 is 23.1 Å². The molecule has 5 nitrogen and oxygen atoms in total. The van der Waals surface area contributed by atoms with Gasteiger partial charge in [0.15, 0.2) is 15.9 Å². The zero-order chi connectivity index (χ0) is 13.8. The van der Waals surface area contributed by atoms with E-state index in [2.05, 4.69) is 15.9 Å². The van der Waals surface area contributed by atoms with Crippen LogP contribution in [0.25, 0.3) is 0 Å². The highest BCUT2D eigenvalue weighted by Gasteiger charge is 2.16. The van der Waals surface area contributed by atoms with Crippen LogP contribution in [0, 0.1) is 0 Å². The van der Waals surface area contributed by atoms with E-state index in [9.17, 15) is 13.2 Å². The molecule has 0 fully saturated rings. The van der Waals surface area contributed by atoms with Gasteiger partial charge in [0.05, 0.1) is 17.3 Å². The van der Waals surface area contributed by atoms with Crippen molar-refractivity contribution in [3.05, 3.63) is 28.7 Å². The van der Waals surface area contributed by atoms with E-state index in [1.165, 1.54) is 19.1 Å². The van der Waals surface area contributed by atoms with Gasteiger partial charge in [0.1, 0.15) is 0 Å². The Balaban J connectivity index is 2.60. The second-order valence-electron chi connectivity index (χ2n) is 3.62. The Morgan fingerprint density at radius 2 is 1.94 bits per heavy atom. The van der Waals surface area contributed by atoms with Crippen molar-refractivity contribution in [1.82, 2.24) is 0 Å². The molecule has 0 spiro atoms. The minimum Gasteiger partial charge on any atom is -0.479 e. The summed E-state index contributed by atoms with van der Waals surface area (Å²) in [5, 5.41) is 8.58. The Bertz CT molecular complexity index is 509. The number of ether oxygens (including phenoxy) is 1. The zero-order valence-corrected chi connectivity index (χ0v) is 12.1. The minimum absolute atomic E-state index is 0.147. The third-order valence-corrected chi connectivity index (χ3v) is 4.46. The van der Waals surface area contributed by atoms with Gasteiger partial charge in [-0.1, -0.05) is 15.9 Å². The normalized spacial score (nSPS) is 13.2. The van der Waals surface area contributed by atoms with Crippen molar-refractivity contribution in [1.29, 1.82) is 0 Å². The molecule has 1 aromatic carbocycles. The molecule has 1 N–H and O–H groups in total. The number of hydrogen-bond donors (Lipinski definition) is 1. The van der Waals surface area contributed by atoms with Crippen LogP contribution in [0.1, 0.15) is 6.92 Å². The molecule has 0 aromatic heterocycles. The summed E-state index contributed by atoms with van der Waals surface area (Å²) in [7, 11) is -3.44. The van der Waals surface area contributed by atoms with Crippen LogP contribution >= 0.6 is 15.9 Å². The Kier molecular flexibility index (Phi) is 5.30. The summed E-state index contributed by atoms with van der Waals surface area (Å²) in [5.74, 6) is -1.36. The summed E-state index contributed by atoms with van der Waals surface area (Å²) in [6.07, 6.45) is -1.01. The van der Waals surface area contributed by atoms with E-state index in [-0.39, 0.29) is 17.3 Å². The quantitative estimate of drug-likeness (QED) is 0.855. The highest BCUT2D eigenvalue weighted by molar-refractivity contribution is 9.10. The topological polar surface area (TPSA) is 80.7 Å². The lowest BCUT2D eigenvalue weighted by atomic mass is 10.4. The van der Waals surface area contributed by atoms with Gasteiger partial charge in [0.2, 0.25) is 0 Å². The molecular formula is C11H13BrO5S. The van der Waals surface area contributed by atoms with Crippen molar-refractivity contribution in [2.24, 2.45) is 0 Å². The molecule has 0 saturated carbocycles. The smallest absolute Gasteiger partial charge is 0.332 e. The van der Waals surface area contributed by atoms with Crippen LogP contribution in [0.15, 0.2) is 33.6 Å². The summed E-state index contributed by atoms with van der Waals surface area (Å²) < 4.78 is 29.4. The van der Waals surface area contributed by atoms with E-state index in [4.69, 9.17) is 9.84 Å². The maximum Gasteiger partial charge on any atom is 0.332 e. The Labute approximate surface area is 114 Å². The Morgan fingerprint density at radius 3 is 2.44 bits per heavy atom. The first-order valence-electron chi connectivity index (χ1n) is 5.15. The molecule has 0 aliphatic rings. The average Bonchev–Trinajstić information content (AvgIpc) is 2.29. The van der Waals surface area contributed by atoms with Gasteiger partial charge in [0.25, 0.3) is 0 Å². The summed E-state index contributed by atoms with van der Waals surface area (Å²) >= 11 is 3.22. The molecule has 1 atom stereocenters. The zero-order valence-electron chi connectivity index (χ0n) is 9.67. The number of carboxylic acids is 1. The summed E-state index contributed by atoms with van der Waals surface area (Å²) in [6.45, 7) is 1.21. The van der Waals surface area contributed by atoms with Crippen molar-refractivity contribution in [3.63, 3.8) is 0 Å². The summed E-state index contributed by atoms with van der Waals surface area (Å²) in [4.78, 5) is 10.7. The van der Waals surface area contributed by atoms with Gasteiger partial charge in [0, 0.05) is 4.47 Å². The molecule has 0 radical (unpaired) electrons. The van der Waals surface area contributed by atoms with E-state index < -0.39 is 21.9 Å². The van der Waals surface area contributed by atoms with E-state index in [1.54, 1.807) is 12.1 Å². The first kappa shape index (κ1) is 15.1. The van der Waals surface area contributed by atoms with Gasteiger partial charge in [-0.3, -0.25) is 0 Å². The number of benzene rings is 1. The molecular weight excluding hydrogens is 324 g/mol. The predicted molar refractivity (Wildman–Crippen MR) is 69.2 cm³/mol. The lowest BCUT2D eigenvalue weighted by Crippen LogP contribution is -2.23. The molecule has 18 heavy (non-hydrogen) atoms. The Morgan fingerprint density at radius 1 is 1.39 bits per heavy atom. The van der Waals surface area contributed by atoms with E-state index in [0.717, 1.165) is 4.47 Å². The highest BCUT2D eigenvalue weighted by Crippen LogP contribution is 2.15. The number of hydrogen-bond acceptors (Lipinski definition) is 4. The fourth-order valence-electron chi connectivity index (χ4n) is 1.17. The monoisotopic (exact) mass is 336 g/mol. The average molecular weight is 337 g/mol. The van der Waals surface area contributed by atoms with E-state index in [1.807, 2.05) is 0 Å². The number of sulfone groups is 1. The minimum atomic E-state index is -3.44. The molecule has 0 amide bonds. The van der Waals surface area contributed by atoms with Gasteiger partial charge >= 0.3 is 5.97 Å². The third-order valence-electron chi connectivity index (χ3n) is 2.24. The molecule has 1 rings (SSSR count). The largest absolute Gasteiger partial charge is 0.479 e. The molecule has 1 aromatic rings. The van der Waals surface area contributed by atoms with Gasteiger partial charge in [-0.15, -0.1) is 0 Å². The molecule has 0 aliphatic carbocycles. The summed E-state index contributed by atoms with van der Waals surface area (Å²) in [6, 6.07) is 6.24. The van der Waals surface area contributed by atoms with Crippen molar-refractivity contribution >= 4 is 31.7 Å². The van der Waals surface area contributed by atoms with E-state index >= 15 is 0 Å². The van der Waals surface area contributed by atoms with Crippen LogP contribution in [0.2, 0.25) is 0 Å². The van der Waals surface area contributed by atoms with Gasteiger partial charge in [-0.25, -0.2) is 13.2 Å². The van der Waals surface area contributed by atoms with Crippen molar-refractivity contribution in [2.45, 2.75) is 17.9 Å². The second kappa shape index (κ2) is 6.31. The number of rotatable bonds is 6. The third kappa shape index (κ3) is 4.40. The van der Waals surface area contributed by atoms with Crippen LogP contribution < -0.4 is 0 Å². The van der Waals surface area contributed by atoms with Crippen LogP contribution in [-0.2, 0) is 19.4 Å². The number of carboxylic acid groups (broad SMARTS) is 1. The molecule has 0 unspecified atom stereocenters. The van der Waals surface area contributed by atoms with Crippen LogP contribution in [0.4, 0.5) is 0 Å².